The Morgan fingerprint density at radius 1 is 0.875 bits per heavy atom. The zero-order chi connectivity index (χ0) is 22.8. The summed E-state index contributed by atoms with van der Waals surface area (Å²) in [6.07, 6.45) is 1.82. The van der Waals surface area contributed by atoms with Crippen molar-refractivity contribution in [1.29, 1.82) is 5.41 Å². The standard InChI is InChI=1S/C24H18ClF2N3O2/c25-15-4-7-17(8-5-15)29-24(32)19-12-16(26)6-10-21(19)30-23(31)18-9-3-14(11-20(18)27)22(28)13-1-2-13/h3-13,28H,1-2H2,(H,29,32)(H,30,31). The number of benzene rings is 3. The monoisotopic (exact) mass is 453 g/mol. The quantitative estimate of drug-likeness (QED) is 0.406. The van der Waals surface area contributed by atoms with Crippen LogP contribution in [-0.2, 0) is 0 Å². The first kappa shape index (κ1) is 21.6. The Labute approximate surface area is 187 Å². The Kier molecular flexibility index (Phi) is 6.01. The first-order chi connectivity index (χ1) is 15.3. The Balaban J connectivity index is 1.55. The van der Waals surface area contributed by atoms with E-state index in [1.807, 2.05) is 0 Å². The number of halogens is 3. The Morgan fingerprint density at radius 2 is 1.56 bits per heavy atom. The average Bonchev–Trinajstić information content (AvgIpc) is 3.61. The lowest BCUT2D eigenvalue weighted by Gasteiger charge is -2.13. The highest BCUT2D eigenvalue weighted by Gasteiger charge is 2.28. The highest BCUT2D eigenvalue weighted by Crippen LogP contribution is 2.33. The van der Waals surface area contributed by atoms with E-state index in [1.165, 1.54) is 18.2 Å². The first-order valence-corrected chi connectivity index (χ1v) is 10.3. The zero-order valence-electron chi connectivity index (χ0n) is 16.7. The van der Waals surface area contributed by atoms with Crippen LogP contribution in [-0.4, -0.2) is 17.5 Å². The molecule has 0 atom stereocenters. The summed E-state index contributed by atoms with van der Waals surface area (Å²) >= 11 is 5.83. The van der Waals surface area contributed by atoms with E-state index in [0.717, 1.165) is 31.0 Å². The van der Waals surface area contributed by atoms with Crippen molar-refractivity contribution in [3.8, 4) is 0 Å². The smallest absolute Gasteiger partial charge is 0.258 e. The van der Waals surface area contributed by atoms with Crippen LogP contribution in [0.2, 0.25) is 5.02 Å². The summed E-state index contributed by atoms with van der Waals surface area (Å²) < 4.78 is 28.4. The molecule has 32 heavy (non-hydrogen) atoms. The maximum atomic E-state index is 14.6. The molecule has 2 amide bonds. The van der Waals surface area contributed by atoms with Gasteiger partial charge in [0.05, 0.1) is 16.8 Å². The SMILES string of the molecule is N=C(c1ccc(C(=O)Nc2ccc(F)cc2C(=O)Nc2ccc(Cl)cc2)c(F)c1)C1CC1. The summed E-state index contributed by atoms with van der Waals surface area (Å²) in [7, 11) is 0. The normalized spacial score (nSPS) is 12.8. The van der Waals surface area contributed by atoms with Crippen molar-refractivity contribution in [2.45, 2.75) is 12.8 Å². The second-order valence-corrected chi connectivity index (χ2v) is 7.92. The van der Waals surface area contributed by atoms with Crippen LogP contribution >= 0.6 is 11.6 Å². The zero-order valence-corrected chi connectivity index (χ0v) is 17.5. The van der Waals surface area contributed by atoms with E-state index in [4.69, 9.17) is 17.0 Å². The molecule has 1 saturated carbocycles. The fourth-order valence-corrected chi connectivity index (χ4v) is 3.34. The molecule has 1 aliphatic carbocycles. The summed E-state index contributed by atoms with van der Waals surface area (Å²) in [5.74, 6) is -2.75. The second kappa shape index (κ2) is 8.88. The van der Waals surface area contributed by atoms with E-state index in [-0.39, 0.29) is 22.7 Å². The number of hydrogen-bond acceptors (Lipinski definition) is 3. The molecular weight excluding hydrogens is 436 g/mol. The molecule has 162 valence electrons. The third kappa shape index (κ3) is 4.84. The third-order valence-corrected chi connectivity index (χ3v) is 5.34. The van der Waals surface area contributed by atoms with Crippen LogP contribution in [0.15, 0.2) is 60.7 Å². The number of carbonyl (C=O) groups is 2. The molecule has 0 aliphatic heterocycles. The summed E-state index contributed by atoms with van der Waals surface area (Å²) in [5, 5.41) is 13.6. The van der Waals surface area contributed by atoms with E-state index < -0.39 is 23.4 Å². The van der Waals surface area contributed by atoms with Gasteiger partial charge in [0.15, 0.2) is 0 Å². The second-order valence-electron chi connectivity index (χ2n) is 7.49. The van der Waals surface area contributed by atoms with Gasteiger partial charge in [-0.25, -0.2) is 8.78 Å². The number of hydrogen-bond donors (Lipinski definition) is 3. The molecular formula is C24H18ClF2N3O2. The molecule has 5 nitrogen and oxygen atoms in total. The molecule has 1 fully saturated rings. The molecule has 0 bridgehead atoms. The van der Waals surface area contributed by atoms with Crippen molar-refractivity contribution in [3.63, 3.8) is 0 Å². The van der Waals surface area contributed by atoms with E-state index in [9.17, 15) is 18.4 Å². The van der Waals surface area contributed by atoms with E-state index in [0.29, 0.717) is 22.0 Å². The first-order valence-electron chi connectivity index (χ1n) is 9.88. The van der Waals surface area contributed by atoms with Crippen molar-refractivity contribution in [2.24, 2.45) is 5.92 Å². The van der Waals surface area contributed by atoms with Crippen LogP contribution in [0, 0.1) is 23.0 Å². The van der Waals surface area contributed by atoms with Gasteiger partial charge >= 0.3 is 0 Å². The van der Waals surface area contributed by atoms with Gasteiger partial charge in [-0.1, -0.05) is 17.7 Å². The molecule has 0 spiro atoms. The number of rotatable bonds is 6. The van der Waals surface area contributed by atoms with Crippen LogP contribution < -0.4 is 10.6 Å². The maximum absolute atomic E-state index is 14.6. The minimum atomic E-state index is -0.792. The molecule has 0 unspecified atom stereocenters. The molecule has 1 aliphatic rings. The topological polar surface area (TPSA) is 82.1 Å². The van der Waals surface area contributed by atoms with Gasteiger partial charge in [-0.15, -0.1) is 0 Å². The summed E-state index contributed by atoms with van der Waals surface area (Å²) in [6, 6.07) is 13.6. The largest absolute Gasteiger partial charge is 0.322 e. The molecule has 8 heteroatoms. The molecule has 0 aromatic heterocycles. The van der Waals surface area contributed by atoms with Crippen LogP contribution in [0.25, 0.3) is 0 Å². The van der Waals surface area contributed by atoms with Crippen molar-refractivity contribution in [1.82, 2.24) is 0 Å². The minimum Gasteiger partial charge on any atom is -0.322 e. The molecule has 0 saturated heterocycles. The molecule has 3 aromatic carbocycles. The fourth-order valence-electron chi connectivity index (χ4n) is 3.21. The lowest BCUT2D eigenvalue weighted by atomic mass is 10.0. The molecule has 3 N–H and O–H groups in total. The lowest BCUT2D eigenvalue weighted by Crippen LogP contribution is -2.19. The summed E-state index contributed by atoms with van der Waals surface area (Å²) in [6.45, 7) is 0. The number of carbonyl (C=O) groups excluding carboxylic acids is 2. The predicted molar refractivity (Wildman–Crippen MR) is 120 cm³/mol. The van der Waals surface area contributed by atoms with E-state index in [2.05, 4.69) is 10.6 Å². The highest BCUT2D eigenvalue weighted by molar-refractivity contribution is 6.30. The Morgan fingerprint density at radius 3 is 2.22 bits per heavy atom. The van der Waals surface area contributed by atoms with Gasteiger partial charge in [0.25, 0.3) is 11.8 Å². The van der Waals surface area contributed by atoms with Crippen molar-refractivity contribution < 1.29 is 18.4 Å². The van der Waals surface area contributed by atoms with Crippen LogP contribution in [0.5, 0.6) is 0 Å². The Bertz CT molecular complexity index is 1220. The van der Waals surface area contributed by atoms with Gasteiger partial charge in [-0.3, -0.25) is 9.59 Å². The van der Waals surface area contributed by atoms with Crippen molar-refractivity contribution in [2.75, 3.05) is 10.6 Å². The van der Waals surface area contributed by atoms with Crippen molar-refractivity contribution >= 4 is 40.5 Å². The molecule has 4 rings (SSSR count). The van der Waals surface area contributed by atoms with Crippen LogP contribution in [0.3, 0.4) is 0 Å². The maximum Gasteiger partial charge on any atom is 0.258 e. The Hall–Kier alpha value is -3.58. The number of amides is 2. The van der Waals surface area contributed by atoms with Crippen molar-refractivity contribution in [3.05, 3.63) is 94.0 Å². The average molecular weight is 454 g/mol. The van der Waals surface area contributed by atoms with Crippen LogP contribution in [0.4, 0.5) is 20.2 Å². The summed E-state index contributed by atoms with van der Waals surface area (Å²) in [4.78, 5) is 25.4. The fraction of sp³-hybridized carbons (Fsp3) is 0.125. The van der Waals surface area contributed by atoms with Crippen LogP contribution in [0.1, 0.15) is 39.1 Å². The van der Waals surface area contributed by atoms with Gasteiger partial charge in [-0.2, -0.15) is 0 Å². The molecule has 0 radical (unpaired) electrons. The molecule has 0 heterocycles. The minimum absolute atomic E-state index is 0.0251. The summed E-state index contributed by atoms with van der Waals surface area (Å²) in [5.41, 5.74) is 0.881. The van der Waals surface area contributed by atoms with E-state index >= 15 is 0 Å². The van der Waals surface area contributed by atoms with Gasteiger partial charge in [-0.05, 0) is 73.0 Å². The van der Waals surface area contributed by atoms with Gasteiger partial charge in [0.1, 0.15) is 11.6 Å². The third-order valence-electron chi connectivity index (χ3n) is 5.09. The molecule has 3 aromatic rings. The highest BCUT2D eigenvalue weighted by atomic mass is 35.5. The predicted octanol–water partition coefficient (Wildman–Crippen LogP) is 5.90. The number of nitrogens with one attached hydrogen (secondary N) is 3. The van der Waals surface area contributed by atoms with Gasteiger partial charge < -0.3 is 16.0 Å². The van der Waals surface area contributed by atoms with Gasteiger partial charge in [0, 0.05) is 22.3 Å². The van der Waals surface area contributed by atoms with E-state index in [1.54, 1.807) is 24.3 Å². The number of anilines is 2. The lowest BCUT2D eigenvalue weighted by molar-refractivity contribution is 0.102. The van der Waals surface area contributed by atoms with Gasteiger partial charge in [0.2, 0.25) is 0 Å².